The zero-order valence-electron chi connectivity index (χ0n) is 12.3. The third-order valence-electron chi connectivity index (χ3n) is 3.84. The van der Waals surface area contributed by atoms with Gasteiger partial charge in [-0.3, -0.25) is 0 Å². The van der Waals surface area contributed by atoms with E-state index < -0.39 is 10.0 Å². The van der Waals surface area contributed by atoms with Crippen molar-refractivity contribution in [3.63, 3.8) is 0 Å². The lowest BCUT2D eigenvalue weighted by atomic mass is 9.85. The Kier molecular flexibility index (Phi) is 4.52. The first-order valence-electron chi connectivity index (χ1n) is 7.08. The predicted molar refractivity (Wildman–Crippen MR) is 81.5 cm³/mol. The van der Waals surface area contributed by atoms with E-state index in [2.05, 4.69) is 13.8 Å². The molecule has 1 aromatic carbocycles. The maximum Gasteiger partial charge on any atom is 0.218 e. The Balaban J connectivity index is 2.14. The van der Waals surface area contributed by atoms with E-state index in [0.717, 1.165) is 24.0 Å². The van der Waals surface area contributed by atoms with Crippen LogP contribution in [0.15, 0.2) is 24.3 Å². The van der Waals surface area contributed by atoms with Gasteiger partial charge in [-0.05, 0) is 29.4 Å². The first-order valence-corrected chi connectivity index (χ1v) is 8.69. The van der Waals surface area contributed by atoms with Gasteiger partial charge in [0.2, 0.25) is 10.0 Å². The Morgan fingerprint density at radius 3 is 2.65 bits per heavy atom. The number of hydrogen-bond acceptors (Lipinski definition) is 3. The van der Waals surface area contributed by atoms with E-state index in [1.54, 1.807) is 4.31 Å². The van der Waals surface area contributed by atoms with Crippen LogP contribution < -0.4 is 5.73 Å². The van der Waals surface area contributed by atoms with Crippen LogP contribution in [0.2, 0.25) is 0 Å². The van der Waals surface area contributed by atoms with Gasteiger partial charge in [0.1, 0.15) is 0 Å². The number of nitrogens with zero attached hydrogens (tertiary/aromatic N) is 1. The topological polar surface area (TPSA) is 63.4 Å². The Labute approximate surface area is 122 Å². The quantitative estimate of drug-likeness (QED) is 0.925. The second kappa shape index (κ2) is 5.84. The molecule has 4 nitrogen and oxygen atoms in total. The SMILES string of the molecule is CC1(C)CCCN(S(=O)(=O)Cc2cccc(CN)c2)C1. The van der Waals surface area contributed by atoms with E-state index in [1.807, 2.05) is 24.3 Å². The maximum atomic E-state index is 12.5. The van der Waals surface area contributed by atoms with Crippen molar-refractivity contribution in [2.45, 2.75) is 39.0 Å². The highest BCUT2D eigenvalue weighted by Crippen LogP contribution is 2.30. The van der Waals surface area contributed by atoms with Crippen molar-refractivity contribution in [1.29, 1.82) is 0 Å². The van der Waals surface area contributed by atoms with Crippen molar-refractivity contribution in [1.82, 2.24) is 4.31 Å². The smallest absolute Gasteiger partial charge is 0.218 e. The fraction of sp³-hybridized carbons (Fsp3) is 0.600. The molecule has 0 bridgehead atoms. The van der Waals surface area contributed by atoms with Crippen molar-refractivity contribution in [2.75, 3.05) is 13.1 Å². The van der Waals surface area contributed by atoms with Crippen LogP contribution in [0, 0.1) is 5.41 Å². The van der Waals surface area contributed by atoms with Gasteiger partial charge in [-0.25, -0.2) is 12.7 Å². The minimum absolute atomic E-state index is 0.0664. The van der Waals surface area contributed by atoms with Crippen molar-refractivity contribution in [3.05, 3.63) is 35.4 Å². The molecule has 2 N–H and O–H groups in total. The highest BCUT2D eigenvalue weighted by atomic mass is 32.2. The molecular formula is C15H24N2O2S. The van der Waals surface area contributed by atoms with E-state index in [1.165, 1.54) is 0 Å². The highest BCUT2D eigenvalue weighted by Gasteiger charge is 2.33. The molecule has 0 atom stereocenters. The Morgan fingerprint density at radius 2 is 2.00 bits per heavy atom. The van der Waals surface area contributed by atoms with E-state index in [4.69, 9.17) is 5.73 Å². The van der Waals surface area contributed by atoms with Crippen molar-refractivity contribution in [3.8, 4) is 0 Å². The number of benzene rings is 1. The summed E-state index contributed by atoms with van der Waals surface area (Å²) in [5.74, 6) is 0.0664. The molecule has 1 aliphatic rings. The molecule has 1 aromatic rings. The maximum absolute atomic E-state index is 12.5. The summed E-state index contributed by atoms with van der Waals surface area (Å²) in [6.45, 7) is 5.95. The second-order valence-corrected chi connectivity index (χ2v) is 8.35. The number of rotatable bonds is 4. The van der Waals surface area contributed by atoms with Crippen molar-refractivity contribution >= 4 is 10.0 Å². The van der Waals surface area contributed by atoms with E-state index in [9.17, 15) is 8.42 Å². The normalized spacial score (nSPS) is 19.9. The van der Waals surface area contributed by atoms with E-state index in [0.29, 0.717) is 19.6 Å². The van der Waals surface area contributed by atoms with Crippen molar-refractivity contribution in [2.24, 2.45) is 11.1 Å². The molecule has 0 amide bonds. The summed E-state index contributed by atoms with van der Waals surface area (Å²) in [5, 5.41) is 0. The molecule has 0 radical (unpaired) electrons. The molecule has 0 unspecified atom stereocenters. The van der Waals surface area contributed by atoms with E-state index in [-0.39, 0.29) is 11.2 Å². The summed E-state index contributed by atoms with van der Waals surface area (Å²) in [7, 11) is -3.24. The molecule has 0 spiro atoms. The molecule has 1 heterocycles. The molecule has 20 heavy (non-hydrogen) atoms. The standard InChI is InChI=1S/C15H24N2O2S/c1-15(2)7-4-8-17(12-15)20(18,19)11-14-6-3-5-13(9-14)10-16/h3,5-6,9H,4,7-8,10-12,16H2,1-2H3. The molecule has 2 rings (SSSR count). The van der Waals surface area contributed by atoms with Crippen molar-refractivity contribution < 1.29 is 8.42 Å². The van der Waals surface area contributed by atoms with Crippen LogP contribution in [0.5, 0.6) is 0 Å². The van der Waals surface area contributed by atoms with Gasteiger partial charge >= 0.3 is 0 Å². The molecule has 0 saturated carbocycles. The van der Waals surface area contributed by atoms with Crippen LogP contribution in [0.1, 0.15) is 37.8 Å². The van der Waals surface area contributed by atoms with Crippen LogP contribution in [-0.2, 0) is 22.3 Å². The Hall–Kier alpha value is -0.910. The summed E-state index contributed by atoms with van der Waals surface area (Å²) in [6.07, 6.45) is 2.02. The minimum Gasteiger partial charge on any atom is -0.326 e. The summed E-state index contributed by atoms with van der Waals surface area (Å²) >= 11 is 0. The van der Waals surface area contributed by atoms with Crippen LogP contribution in [0.4, 0.5) is 0 Å². The summed E-state index contributed by atoms with van der Waals surface area (Å²) < 4.78 is 26.7. The van der Waals surface area contributed by atoms with Gasteiger partial charge in [0.05, 0.1) is 5.75 Å². The molecule has 1 saturated heterocycles. The Morgan fingerprint density at radius 1 is 1.30 bits per heavy atom. The lowest BCUT2D eigenvalue weighted by molar-refractivity contribution is 0.187. The van der Waals surface area contributed by atoms with Gasteiger partial charge in [-0.1, -0.05) is 38.1 Å². The number of nitrogens with two attached hydrogens (primary N) is 1. The van der Waals surface area contributed by atoms with Gasteiger partial charge < -0.3 is 5.73 Å². The molecule has 1 aliphatic heterocycles. The van der Waals surface area contributed by atoms with Gasteiger partial charge in [0.15, 0.2) is 0 Å². The van der Waals surface area contributed by atoms with Crippen LogP contribution >= 0.6 is 0 Å². The summed E-state index contributed by atoms with van der Waals surface area (Å²) in [5.41, 5.74) is 7.46. The zero-order chi connectivity index (χ0) is 14.8. The summed E-state index contributed by atoms with van der Waals surface area (Å²) in [4.78, 5) is 0. The fourth-order valence-corrected chi connectivity index (χ4v) is 4.49. The third kappa shape index (κ3) is 3.81. The first-order chi connectivity index (χ1) is 9.32. The van der Waals surface area contributed by atoms with Crippen LogP contribution in [0.25, 0.3) is 0 Å². The lowest BCUT2D eigenvalue weighted by Gasteiger charge is -2.37. The summed E-state index contributed by atoms with van der Waals surface area (Å²) in [6, 6.07) is 7.52. The number of hydrogen-bond donors (Lipinski definition) is 1. The number of sulfonamides is 1. The average molecular weight is 296 g/mol. The van der Waals surface area contributed by atoms with Gasteiger partial charge in [-0.2, -0.15) is 0 Å². The van der Waals surface area contributed by atoms with Gasteiger partial charge in [0.25, 0.3) is 0 Å². The molecule has 0 aromatic heterocycles. The largest absolute Gasteiger partial charge is 0.326 e. The van der Waals surface area contributed by atoms with Gasteiger partial charge in [0, 0.05) is 19.6 Å². The molecule has 1 fully saturated rings. The lowest BCUT2D eigenvalue weighted by Crippen LogP contribution is -2.43. The molecule has 112 valence electrons. The number of piperidine rings is 1. The van der Waals surface area contributed by atoms with Crippen LogP contribution in [-0.4, -0.2) is 25.8 Å². The highest BCUT2D eigenvalue weighted by molar-refractivity contribution is 7.88. The Bertz CT molecular complexity index is 567. The van der Waals surface area contributed by atoms with Crippen LogP contribution in [0.3, 0.4) is 0 Å². The zero-order valence-corrected chi connectivity index (χ0v) is 13.1. The molecular weight excluding hydrogens is 272 g/mol. The average Bonchev–Trinajstić information content (AvgIpc) is 2.37. The predicted octanol–water partition coefficient (Wildman–Crippen LogP) is 2.10. The van der Waals surface area contributed by atoms with E-state index >= 15 is 0 Å². The second-order valence-electron chi connectivity index (χ2n) is 6.38. The monoisotopic (exact) mass is 296 g/mol. The minimum atomic E-state index is -3.24. The molecule has 0 aliphatic carbocycles. The fourth-order valence-electron chi connectivity index (χ4n) is 2.76. The first kappa shape index (κ1) is 15.5. The van der Waals surface area contributed by atoms with Gasteiger partial charge in [-0.15, -0.1) is 0 Å². The molecule has 5 heteroatoms. The third-order valence-corrected chi connectivity index (χ3v) is 5.63.